The molecule has 1 aliphatic heterocycles. The van der Waals surface area contributed by atoms with Crippen molar-refractivity contribution in [3.05, 3.63) is 54.1 Å². The Morgan fingerprint density at radius 1 is 0.962 bits per heavy atom. The Labute approximate surface area is 154 Å². The lowest BCUT2D eigenvalue weighted by atomic mass is 10.1. The molecular weight excluding hydrogens is 324 g/mol. The highest BCUT2D eigenvalue weighted by Gasteiger charge is 2.10. The number of anilines is 3. The molecule has 0 saturated carbocycles. The second-order valence-electron chi connectivity index (χ2n) is 6.51. The first kappa shape index (κ1) is 17.8. The summed E-state index contributed by atoms with van der Waals surface area (Å²) in [4.78, 5) is 14.4. The number of piperidine rings is 1. The van der Waals surface area contributed by atoms with Crippen molar-refractivity contribution in [1.82, 2.24) is 0 Å². The van der Waals surface area contributed by atoms with Crippen molar-refractivity contribution in [3.8, 4) is 6.07 Å². The van der Waals surface area contributed by atoms with E-state index >= 15 is 0 Å². The highest BCUT2D eigenvalue weighted by molar-refractivity contribution is 5.91. The van der Waals surface area contributed by atoms with Crippen LogP contribution >= 0.6 is 0 Å². The summed E-state index contributed by atoms with van der Waals surface area (Å²) in [6.07, 6.45) is 4.26. The summed E-state index contributed by atoms with van der Waals surface area (Å²) in [5.74, 6) is -0.0489. The number of carbonyl (C=O) groups is 1. The predicted molar refractivity (Wildman–Crippen MR) is 105 cm³/mol. The zero-order valence-electron chi connectivity index (χ0n) is 14.9. The molecule has 1 fully saturated rings. The Morgan fingerprint density at radius 3 is 2.27 bits per heavy atom. The van der Waals surface area contributed by atoms with Crippen LogP contribution in [0.1, 0.15) is 31.2 Å². The number of nitrogens with one attached hydrogen (secondary N) is 2. The maximum atomic E-state index is 12.0. The van der Waals surface area contributed by atoms with Gasteiger partial charge in [0.2, 0.25) is 5.91 Å². The molecule has 3 rings (SSSR count). The van der Waals surface area contributed by atoms with Gasteiger partial charge in [0, 0.05) is 43.1 Å². The van der Waals surface area contributed by atoms with E-state index in [-0.39, 0.29) is 5.91 Å². The molecule has 26 heavy (non-hydrogen) atoms. The van der Waals surface area contributed by atoms with E-state index in [9.17, 15) is 4.79 Å². The summed E-state index contributed by atoms with van der Waals surface area (Å²) in [6, 6.07) is 17.4. The van der Waals surface area contributed by atoms with Gasteiger partial charge in [0.1, 0.15) is 0 Å². The normalized spacial score (nSPS) is 13.7. The average Bonchev–Trinajstić information content (AvgIpc) is 2.70. The maximum absolute atomic E-state index is 12.0. The van der Waals surface area contributed by atoms with E-state index in [1.165, 1.54) is 24.9 Å². The van der Waals surface area contributed by atoms with E-state index in [2.05, 4.69) is 45.9 Å². The topological polar surface area (TPSA) is 68.2 Å². The molecule has 5 nitrogen and oxygen atoms in total. The molecule has 0 aliphatic carbocycles. The number of amides is 1. The van der Waals surface area contributed by atoms with Gasteiger partial charge in [-0.3, -0.25) is 4.79 Å². The Bertz CT molecular complexity index is 756. The summed E-state index contributed by atoms with van der Waals surface area (Å²) in [5, 5.41) is 14.9. The van der Waals surface area contributed by atoms with Gasteiger partial charge in [-0.1, -0.05) is 0 Å². The van der Waals surface area contributed by atoms with Gasteiger partial charge in [-0.2, -0.15) is 5.26 Å². The molecule has 0 bridgehead atoms. The van der Waals surface area contributed by atoms with Gasteiger partial charge in [0.15, 0.2) is 0 Å². The van der Waals surface area contributed by atoms with Gasteiger partial charge < -0.3 is 15.5 Å². The number of nitrogens with zero attached hydrogens (tertiary/aromatic N) is 2. The van der Waals surface area contributed by atoms with Crippen LogP contribution in [0.25, 0.3) is 0 Å². The third-order valence-corrected chi connectivity index (χ3v) is 4.57. The van der Waals surface area contributed by atoms with Gasteiger partial charge in [0.05, 0.1) is 11.6 Å². The minimum Gasteiger partial charge on any atom is -0.385 e. The molecule has 0 spiro atoms. The van der Waals surface area contributed by atoms with Crippen LogP contribution in [0.5, 0.6) is 0 Å². The van der Waals surface area contributed by atoms with E-state index in [0.29, 0.717) is 24.2 Å². The van der Waals surface area contributed by atoms with Crippen molar-refractivity contribution >= 4 is 23.0 Å². The molecule has 0 aromatic heterocycles. The lowest BCUT2D eigenvalue weighted by molar-refractivity contribution is -0.115. The number of hydrogen-bond acceptors (Lipinski definition) is 4. The molecule has 0 radical (unpaired) electrons. The van der Waals surface area contributed by atoms with E-state index < -0.39 is 0 Å². The van der Waals surface area contributed by atoms with Crippen molar-refractivity contribution < 1.29 is 4.79 Å². The number of benzene rings is 2. The second kappa shape index (κ2) is 8.91. The molecule has 1 heterocycles. The van der Waals surface area contributed by atoms with Crippen molar-refractivity contribution in [2.45, 2.75) is 25.7 Å². The Hall–Kier alpha value is -3.00. The lowest BCUT2D eigenvalue weighted by Crippen LogP contribution is -2.29. The van der Waals surface area contributed by atoms with E-state index in [1.807, 2.05) is 0 Å². The molecule has 2 aromatic rings. The molecule has 1 saturated heterocycles. The monoisotopic (exact) mass is 348 g/mol. The van der Waals surface area contributed by atoms with Crippen molar-refractivity contribution in [3.63, 3.8) is 0 Å². The van der Waals surface area contributed by atoms with Crippen LogP contribution in [0.3, 0.4) is 0 Å². The Balaban J connectivity index is 1.42. The third kappa shape index (κ3) is 5.00. The van der Waals surface area contributed by atoms with Crippen molar-refractivity contribution in [2.24, 2.45) is 0 Å². The zero-order valence-corrected chi connectivity index (χ0v) is 14.9. The van der Waals surface area contributed by atoms with Gasteiger partial charge in [-0.05, 0) is 67.8 Å². The van der Waals surface area contributed by atoms with Gasteiger partial charge in [-0.15, -0.1) is 0 Å². The van der Waals surface area contributed by atoms with Crippen molar-refractivity contribution in [2.75, 3.05) is 35.2 Å². The Morgan fingerprint density at radius 2 is 1.62 bits per heavy atom. The first-order valence-corrected chi connectivity index (χ1v) is 9.13. The highest BCUT2D eigenvalue weighted by Crippen LogP contribution is 2.21. The molecule has 5 heteroatoms. The Kier molecular flexibility index (Phi) is 6.10. The zero-order chi connectivity index (χ0) is 18.2. The minimum atomic E-state index is -0.0489. The average molecular weight is 348 g/mol. The fourth-order valence-corrected chi connectivity index (χ4v) is 3.11. The summed E-state index contributed by atoms with van der Waals surface area (Å²) in [7, 11) is 0. The lowest BCUT2D eigenvalue weighted by Gasteiger charge is -2.28. The van der Waals surface area contributed by atoms with Crippen LogP contribution in [0.15, 0.2) is 48.5 Å². The fourth-order valence-electron chi connectivity index (χ4n) is 3.11. The minimum absolute atomic E-state index is 0.0489. The van der Waals surface area contributed by atoms with Gasteiger partial charge in [0.25, 0.3) is 0 Å². The smallest absolute Gasteiger partial charge is 0.226 e. The maximum Gasteiger partial charge on any atom is 0.226 e. The number of rotatable bonds is 6. The van der Waals surface area contributed by atoms with Gasteiger partial charge >= 0.3 is 0 Å². The van der Waals surface area contributed by atoms with Crippen LogP contribution < -0.4 is 15.5 Å². The molecule has 0 unspecified atom stereocenters. The first-order valence-electron chi connectivity index (χ1n) is 9.13. The van der Waals surface area contributed by atoms with E-state index in [4.69, 9.17) is 5.26 Å². The molecule has 134 valence electrons. The predicted octanol–water partition coefficient (Wildman–Crippen LogP) is 3.99. The first-order chi connectivity index (χ1) is 12.7. The standard InChI is InChI=1S/C21H24N4O/c22-16-17-4-6-19(7-5-17)24-21(26)12-13-23-18-8-10-20(11-9-18)25-14-2-1-3-15-25/h4-11,23H,1-3,12-15H2,(H,24,26). The molecular formula is C21H24N4O. The van der Waals surface area contributed by atoms with Crippen LogP contribution in [0, 0.1) is 11.3 Å². The van der Waals surface area contributed by atoms with Crippen LogP contribution in [0.2, 0.25) is 0 Å². The third-order valence-electron chi connectivity index (χ3n) is 4.57. The summed E-state index contributed by atoms with van der Waals surface area (Å²) in [6.45, 7) is 2.86. The SMILES string of the molecule is N#Cc1ccc(NC(=O)CCNc2ccc(N3CCCCC3)cc2)cc1. The van der Waals surface area contributed by atoms with Crippen LogP contribution in [0.4, 0.5) is 17.1 Å². The number of hydrogen-bond donors (Lipinski definition) is 2. The van der Waals surface area contributed by atoms with E-state index in [0.717, 1.165) is 18.8 Å². The van der Waals surface area contributed by atoms with Gasteiger partial charge in [-0.25, -0.2) is 0 Å². The summed E-state index contributed by atoms with van der Waals surface area (Å²) < 4.78 is 0. The molecule has 0 atom stereocenters. The molecule has 1 aliphatic rings. The number of carbonyl (C=O) groups excluding carboxylic acids is 1. The van der Waals surface area contributed by atoms with E-state index in [1.54, 1.807) is 24.3 Å². The van der Waals surface area contributed by atoms with Crippen molar-refractivity contribution in [1.29, 1.82) is 5.26 Å². The number of nitriles is 1. The van der Waals surface area contributed by atoms with Crippen LogP contribution in [-0.4, -0.2) is 25.5 Å². The highest BCUT2D eigenvalue weighted by atomic mass is 16.1. The molecule has 1 amide bonds. The largest absolute Gasteiger partial charge is 0.385 e. The fraction of sp³-hybridized carbons (Fsp3) is 0.333. The quantitative estimate of drug-likeness (QED) is 0.828. The summed E-state index contributed by atoms with van der Waals surface area (Å²) in [5.41, 5.74) is 3.59. The molecule has 2 aromatic carbocycles. The molecule has 2 N–H and O–H groups in total. The summed E-state index contributed by atoms with van der Waals surface area (Å²) >= 11 is 0. The van der Waals surface area contributed by atoms with Crippen LogP contribution in [-0.2, 0) is 4.79 Å². The second-order valence-corrected chi connectivity index (χ2v) is 6.51.